The molecule has 0 saturated carbocycles. The molecule has 0 fully saturated rings. The SMILES string of the molecule is Cc1cc(-c2ccc3c(c2)CCN(CCSc2nnc(-c4ccnnc4)n2C)CC3)no1.O=CO.O=CO. The van der Waals surface area contributed by atoms with E-state index in [-0.39, 0.29) is 12.9 Å². The Morgan fingerprint density at radius 1 is 1.00 bits per heavy atom. The van der Waals surface area contributed by atoms with Gasteiger partial charge in [-0.05, 0) is 43.0 Å². The minimum Gasteiger partial charge on any atom is -0.483 e. The fourth-order valence-electron chi connectivity index (χ4n) is 4.04. The Morgan fingerprint density at radius 3 is 2.39 bits per heavy atom. The van der Waals surface area contributed by atoms with Crippen LogP contribution in [0.3, 0.4) is 0 Å². The molecule has 38 heavy (non-hydrogen) atoms. The van der Waals surface area contributed by atoms with Gasteiger partial charge in [0.1, 0.15) is 11.5 Å². The molecule has 0 saturated heterocycles. The number of benzene rings is 1. The predicted molar refractivity (Wildman–Crippen MR) is 141 cm³/mol. The van der Waals surface area contributed by atoms with Crippen molar-refractivity contribution < 1.29 is 24.3 Å². The first-order valence-corrected chi connectivity index (χ1v) is 12.7. The van der Waals surface area contributed by atoms with Gasteiger partial charge in [0.05, 0.1) is 12.4 Å². The van der Waals surface area contributed by atoms with Crippen molar-refractivity contribution in [3.05, 3.63) is 59.6 Å². The number of hydrogen-bond donors (Lipinski definition) is 2. The highest BCUT2D eigenvalue weighted by atomic mass is 32.2. The summed E-state index contributed by atoms with van der Waals surface area (Å²) in [6, 6.07) is 10.6. The number of hydrogen-bond acceptors (Lipinski definition) is 10. The molecule has 0 spiro atoms. The molecule has 13 heteroatoms. The Balaban J connectivity index is 0.000000611. The zero-order valence-electron chi connectivity index (χ0n) is 21.1. The number of nitrogens with zero attached hydrogens (tertiary/aromatic N) is 7. The van der Waals surface area contributed by atoms with Crippen molar-refractivity contribution in [3.8, 4) is 22.6 Å². The summed E-state index contributed by atoms with van der Waals surface area (Å²) in [4.78, 5) is 19.3. The van der Waals surface area contributed by atoms with Crippen molar-refractivity contribution in [2.75, 3.05) is 25.4 Å². The Bertz CT molecular complexity index is 1310. The standard InChI is InChI=1S/C23H25N7OS.2CH2O2/c1-16-13-21(28-31-16)19-4-3-17-6-9-30(10-7-18(17)14-19)11-12-32-23-27-26-22(29(23)2)20-5-8-24-25-15-20;2*2-1-3/h3-5,8,13-15H,6-7,9-12H2,1-2H3;2*1H,(H,2,3). The molecule has 0 unspecified atom stereocenters. The third kappa shape index (κ3) is 7.70. The number of carbonyl (C=O) groups is 2. The third-order valence-electron chi connectivity index (χ3n) is 5.84. The Labute approximate surface area is 223 Å². The molecule has 0 atom stereocenters. The van der Waals surface area contributed by atoms with Crippen LogP contribution in [0.2, 0.25) is 0 Å². The van der Waals surface area contributed by atoms with Gasteiger partial charge in [0, 0.05) is 49.6 Å². The Kier molecular flexibility index (Phi) is 10.9. The number of rotatable bonds is 6. The number of fused-ring (bicyclic) bond motifs is 1. The molecule has 3 aromatic heterocycles. The fourth-order valence-corrected chi connectivity index (χ4v) is 4.95. The zero-order chi connectivity index (χ0) is 27.3. The molecule has 0 aliphatic carbocycles. The quantitative estimate of drug-likeness (QED) is 0.273. The maximum Gasteiger partial charge on any atom is 0.290 e. The van der Waals surface area contributed by atoms with E-state index in [2.05, 4.69) is 48.7 Å². The van der Waals surface area contributed by atoms with Gasteiger partial charge in [0.25, 0.3) is 12.9 Å². The molecule has 0 amide bonds. The monoisotopic (exact) mass is 539 g/mol. The second kappa shape index (κ2) is 14.6. The lowest BCUT2D eigenvalue weighted by atomic mass is 9.99. The highest BCUT2D eigenvalue weighted by Crippen LogP contribution is 2.26. The summed E-state index contributed by atoms with van der Waals surface area (Å²) in [5.41, 5.74) is 5.82. The first-order valence-electron chi connectivity index (χ1n) is 11.7. The van der Waals surface area contributed by atoms with Crippen LogP contribution in [-0.2, 0) is 29.5 Å². The van der Waals surface area contributed by atoms with Crippen molar-refractivity contribution in [2.24, 2.45) is 7.05 Å². The summed E-state index contributed by atoms with van der Waals surface area (Å²) >= 11 is 1.74. The molecule has 200 valence electrons. The van der Waals surface area contributed by atoms with Gasteiger partial charge in [-0.25, -0.2) is 0 Å². The third-order valence-corrected chi connectivity index (χ3v) is 6.84. The summed E-state index contributed by atoms with van der Waals surface area (Å²) in [5, 5.41) is 35.3. The molecule has 4 aromatic rings. The summed E-state index contributed by atoms with van der Waals surface area (Å²) in [6.07, 6.45) is 5.50. The number of aromatic nitrogens is 6. The van der Waals surface area contributed by atoms with Crippen LogP contribution in [0.15, 0.2) is 52.4 Å². The largest absolute Gasteiger partial charge is 0.483 e. The maximum atomic E-state index is 8.36. The highest BCUT2D eigenvalue weighted by molar-refractivity contribution is 7.99. The average molecular weight is 540 g/mol. The van der Waals surface area contributed by atoms with E-state index in [9.17, 15) is 0 Å². The van der Waals surface area contributed by atoms with Crippen LogP contribution in [-0.4, -0.2) is 83.6 Å². The Morgan fingerprint density at radius 2 is 1.74 bits per heavy atom. The van der Waals surface area contributed by atoms with E-state index in [4.69, 9.17) is 24.3 Å². The molecule has 12 nitrogen and oxygen atoms in total. The first-order chi connectivity index (χ1) is 18.5. The van der Waals surface area contributed by atoms with E-state index < -0.39 is 0 Å². The first kappa shape index (κ1) is 28.5. The van der Waals surface area contributed by atoms with E-state index in [1.807, 2.05) is 30.7 Å². The number of carboxylic acid groups (broad SMARTS) is 2. The molecule has 0 bridgehead atoms. The van der Waals surface area contributed by atoms with Crippen LogP contribution in [0.1, 0.15) is 16.9 Å². The second-order valence-corrected chi connectivity index (χ2v) is 9.27. The van der Waals surface area contributed by atoms with Gasteiger partial charge < -0.3 is 24.2 Å². The van der Waals surface area contributed by atoms with Gasteiger partial charge in [0.2, 0.25) is 0 Å². The van der Waals surface area contributed by atoms with Crippen LogP contribution in [0.4, 0.5) is 0 Å². The van der Waals surface area contributed by atoms with E-state index in [0.29, 0.717) is 0 Å². The molecule has 1 aromatic carbocycles. The van der Waals surface area contributed by atoms with Crippen molar-refractivity contribution in [2.45, 2.75) is 24.9 Å². The minimum absolute atomic E-state index is 0.250. The van der Waals surface area contributed by atoms with E-state index in [1.54, 1.807) is 24.2 Å². The lowest BCUT2D eigenvalue weighted by molar-refractivity contribution is -0.123. The predicted octanol–water partition coefficient (Wildman–Crippen LogP) is 2.83. The molecule has 4 heterocycles. The molecule has 5 rings (SSSR count). The van der Waals surface area contributed by atoms with Crippen LogP contribution >= 0.6 is 11.8 Å². The van der Waals surface area contributed by atoms with Gasteiger partial charge in [-0.15, -0.1) is 10.2 Å². The lowest BCUT2D eigenvalue weighted by Crippen LogP contribution is -2.28. The van der Waals surface area contributed by atoms with Gasteiger partial charge in [-0.2, -0.15) is 10.2 Å². The van der Waals surface area contributed by atoms with Crippen molar-refractivity contribution in [3.63, 3.8) is 0 Å². The van der Waals surface area contributed by atoms with Crippen molar-refractivity contribution >= 4 is 24.7 Å². The van der Waals surface area contributed by atoms with Gasteiger partial charge in [0.15, 0.2) is 11.0 Å². The van der Waals surface area contributed by atoms with Gasteiger partial charge >= 0.3 is 0 Å². The summed E-state index contributed by atoms with van der Waals surface area (Å²) < 4.78 is 7.26. The molecular formula is C25H29N7O5S. The second-order valence-electron chi connectivity index (χ2n) is 8.20. The number of aryl methyl sites for hydroxylation is 1. The van der Waals surface area contributed by atoms with Crippen LogP contribution < -0.4 is 0 Å². The van der Waals surface area contributed by atoms with Crippen molar-refractivity contribution in [1.82, 2.24) is 35.0 Å². The normalized spacial score (nSPS) is 12.7. The van der Waals surface area contributed by atoms with E-state index in [1.165, 1.54) is 11.1 Å². The zero-order valence-corrected chi connectivity index (χ0v) is 21.9. The minimum atomic E-state index is -0.250. The summed E-state index contributed by atoms with van der Waals surface area (Å²) in [5.74, 6) is 2.62. The van der Waals surface area contributed by atoms with Gasteiger partial charge in [-0.3, -0.25) is 9.59 Å². The summed E-state index contributed by atoms with van der Waals surface area (Å²) in [7, 11) is 1.99. The summed E-state index contributed by atoms with van der Waals surface area (Å²) in [6.45, 7) is 4.57. The number of thioether (sulfide) groups is 1. The molecule has 1 aliphatic heterocycles. The van der Waals surface area contributed by atoms with E-state index >= 15 is 0 Å². The topological polar surface area (TPSA) is 160 Å². The van der Waals surface area contributed by atoms with Crippen LogP contribution in [0, 0.1) is 6.92 Å². The highest BCUT2D eigenvalue weighted by Gasteiger charge is 2.17. The van der Waals surface area contributed by atoms with E-state index in [0.717, 1.165) is 71.8 Å². The molecule has 1 aliphatic rings. The van der Waals surface area contributed by atoms with Crippen molar-refractivity contribution in [1.29, 1.82) is 0 Å². The molecule has 2 N–H and O–H groups in total. The molecular weight excluding hydrogens is 510 g/mol. The van der Waals surface area contributed by atoms with Crippen LogP contribution in [0.25, 0.3) is 22.6 Å². The van der Waals surface area contributed by atoms with Crippen LogP contribution in [0.5, 0.6) is 0 Å². The fraction of sp³-hybridized carbons (Fsp3) is 0.320. The average Bonchev–Trinajstić information content (AvgIpc) is 3.45. The lowest BCUT2D eigenvalue weighted by Gasteiger charge is -2.19. The molecule has 0 radical (unpaired) electrons. The van der Waals surface area contributed by atoms with Gasteiger partial charge in [-0.1, -0.05) is 29.1 Å². The maximum absolute atomic E-state index is 8.36. The Hall–Kier alpha value is -4.10. The smallest absolute Gasteiger partial charge is 0.290 e.